The molecule has 9 heteroatoms. The zero-order valence-electron chi connectivity index (χ0n) is 14.0. The van der Waals surface area contributed by atoms with Crippen molar-refractivity contribution in [3.05, 3.63) is 69.1 Å². The molecule has 0 radical (unpaired) electrons. The first-order chi connectivity index (χ1) is 12.5. The van der Waals surface area contributed by atoms with Crippen molar-refractivity contribution in [3.63, 3.8) is 0 Å². The van der Waals surface area contributed by atoms with Gasteiger partial charge in [0.15, 0.2) is 0 Å². The number of nitrogens with one attached hydrogen (secondary N) is 2. The van der Waals surface area contributed by atoms with Crippen molar-refractivity contribution in [1.29, 1.82) is 0 Å². The maximum Gasteiger partial charge on any atom is 0.353 e. The van der Waals surface area contributed by atoms with Crippen LogP contribution in [0.25, 0.3) is 0 Å². The van der Waals surface area contributed by atoms with Crippen LogP contribution in [0, 0.1) is 24.0 Å². The number of pyridine rings is 1. The van der Waals surface area contributed by atoms with E-state index >= 15 is 0 Å². The first kappa shape index (κ1) is 17.6. The normalized spacial score (nSPS) is 10.4. The van der Waals surface area contributed by atoms with Crippen LogP contribution < -0.4 is 10.6 Å². The molecule has 0 saturated carbocycles. The lowest BCUT2D eigenvalue weighted by atomic mass is 10.1. The molecule has 132 valence electrons. The van der Waals surface area contributed by atoms with Gasteiger partial charge in [-0.3, -0.25) is 10.1 Å². The van der Waals surface area contributed by atoms with Gasteiger partial charge in [0.2, 0.25) is 11.6 Å². The summed E-state index contributed by atoms with van der Waals surface area (Å²) in [6, 6.07) is 8.90. The molecule has 0 aliphatic rings. The molecule has 2 heterocycles. The van der Waals surface area contributed by atoms with E-state index in [0.717, 1.165) is 16.8 Å². The maximum absolute atomic E-state index is 11.6. The Labute approximate surface area is 154 Å². The first-order valence-corrected chi connectivity index (χ1v) is 8.04. The summed E-state index contributed by atoms with van der Waals surface area (Å²) in [7, 11) is 0. The largest absolute Gasteiger partial charge is 0.353 e. The van der Waals surface area contributed by atoms with Gasteiger partial charge in [0, 0.05) is 11.9 Å². The number of aryl methyl sites for hydroxylation is 1. The molecule has 0 bridgehead atoms. The predicted octanol–water partition coefficient (Wildman–Crippen LogP) is 4.54. The standard InChI is InChI=1S/C17H15ClN6O2/c1-10-4-3-5-13(11(10)2)22-16-15(24(25)26)17(21-9-20-16)23-14-7-6-12(18)8-19-14/h3-9H,1-2H3,(H2,19,20,21,22,23). The number of rotatable bonds is 5. The lowest BCUT2D eigenvalue weighted by Crippen LogP contribution is -2.06. The van der Waals surface area contributed by atoms with Crippen molar-refractivity contribution >= 4 is 40.4 Å². The van der Waals surface area contributed by atoms with E-state index in [-0.39, 0.29) is 17.3 Å². The molecule has 1 aromatic carbocycles. The average molecular weight is 371 g/mol. The Morgan fingerprint density at radius 3 is 2.42 bits per heavy atom. The third-order valence-electron chi connectivity index (χ3n) is 3.84. The number of hydrogen-bond donors (Lipinski definition) is 2. The quantitative estimate of drug-likeness (QED) is 0.501. The van der Waals surface area contributed by atoms with Crippen LogP contribution in [0.2, 0.25) is 5.02 Å². The summed E-state index contributed by atoms with van der Waals surface area (Å²) < 4.78 is 0. The fraction of sp³-hybridized carbons (Fsp3) is 0.118. The maximum atomic E-state index is 11.6. The predicted molar refractivity (Wildman–Crippen MR) is 100 cm³/mol. The van der Waals surface area contributed by atoms with E-state index in [1.165, 1.54) is 12.5 Å². The molecular formula is C17H15ClN6O2. The van der Waals surface area contributed by atoms with Crippen LogP contribution in [0.5, 0.6) is 0 Å². The molecule has 0 atom stereocenters. The number of benzene rings is 1. The lowest BCUT2D eigenvalue weighted by molar-refractivity contribution is -0.383. The Balaban J connectivity index is 1.99. The van der Waals surface area contributed by atoms with Crippen molar-refractivity contribution in [2.45, 2.75) is 13.8 Å². The van der Waals surface area contributed by atoms with Crippen LogP contribution in [0.15, 0.2) is 42.9 Å². The SMILES string of the molecule is Cc1cccc(Nc2ncnc(Nc3ccc(Cl)cn3)c2[N+](=O)[O-])c1C. The van der Waals surface area contributed by atoms with E-state index in [9.17, 15) is 10.1 Å². The monoisotopic (exact) mass is 370 g/mol. The molecule has 0 saturated heterocycles. The highest BCUT2D eigenvalue weighted by atomic mass is 35.5. The van der Waals surface area contributed by atoms with Crippen LogP contribution in [0.4, 0.5) is 28.8 Å². The van der Waals surface area contributed by atoms with Crippen molar-refractivity contribution in [2.75, 3.05) is 10.6 Å². The van der Waals surface area contributed by atoms with Crippen molar-refractivity contribution in [1.82, 2.24) is 15.0 Å². The molecule has 8 nitrogen and oxygen atoms in total. The topological polar surface area (TPSA) is 106 Å². The molecule has 0 aliphatic carbocycles. The van der Waals surface area contributed by atoms with Crippen LogP contribution in [0.3, 0.4) is 0 Å². The Morgan fingerprint density at radius 1 is 1.04 bits per heavy atom. The number of halogens is 1. The van der Waals surface area contributed by atoms with Gasteiger partial charge in [0.05, 0.1) is 9.95 Å². The third-order valence-corrected chi connectivity index (χ3v) is 4.06. The second kappa shape index (κ2) is 7.32. The summed E-state index contributed by atoms with van der Waals surface area (Å²) in [5.41, 5.74) is 2.51. The molecule has 0 aliphatic heterocycles. The van der Waals surface area contributed by atoms with Gasteiger partial charge in [-0.25, -0.2) is 15.0 Å². The van der Waals surface area contributed by atoms with Gasteiger partial charge in [0.25, 0.3) is 0 Å². The summed E-state index contributed by atoms with van der Waals surface area (Å²) in [5.74, 6) is 0.511. The highest BCUT2D eigenvalue weighted by Gasteiger charge is 2.24. The van der Waals surface area contributed by atoms with E-state index in [1.54, 1.807) is 12.1 Å². The number of nitrogens with zero attached hydrogens (tertiary/aromatic N) is 4. The summed E-state index contributed by atoms with van der Waals surface area (Å²) in [4.78, 5) is 23.2. The summed E-state index contributed by atoms with van der Waals surface area (Å²) in [6.45, 7) is 3.90. The van der Waals surface area contributed by atoms with Crippen LogP contribution in [-0.4, -0.2) is 19.9 Å². The molecule has 0 spiro atoms. The molecule has 0 fully saturated rings. The minimum Gasteiger partial charge on any atom is -0.334 e. The third kappa shape index (κ3) is 3.70. The van der Waals surface area contributed by atoms with Gasteiger partial charge in [-0.05, 0) is 43.2 Å². The first-order valence-electron chi connectivity index (χ1n) is 7.67. The van der Waals surface area contributed by atoms with E-state index < -0.39 is 4.92 Å². The van der Waals surface area contributed by atoms with E-state index in [0.29, 0.717) is 10.8 Å². The van der Waals surface area contributed by atoms with Crippen molar-refractivity contribution in [3.8, 4) is 0 Å². The van der Waals surface area contributed by atoms with E-state index in [4.69, 9.17) is 11.6 Å². The second-order valence-electron chi connectivity index (χ2n) is 5.54. The Hall–Kier alpha value is -3.26. The van der Waals surface area contributed by atoms with Gasteiger partial charge < -0.3 is 10.6 Å². The molecule has 26 heavy (non-hydrogen) atoms. The van der Waals surface area contributed by atoms with Crippen molar-refractivity contribution < 1.29 is 4.92 Å². The zero-order valence-corrected chi connectivity index (χ0v) is 14.8. The summed E-state index contributed by atoms with van der Waals surface area (Å²) in [5, 5.41) is 18.0. The van der Waals surface area contributed by atoms with E-state index in [1.807, 2.05) is 32.0 Å². The fourth-order valence-electron chi connectivity index (χ4n) is 2.32. The smallest absolute Gasteiger partial charge is 0.334 e. The number of aromatic nitrogens is 3. The second-order valence-corrected chi connectivity index (χ2v) is 5.97. The number of anilines is 4. The van der Waals surface area contributed by atoms with Gasteiger partial charge in [0.1, 0.15) is 12.1 Å². The summed E-state index contributed by atoms with van der Waals surface area (Å²) in [6.07, 6.45) is 2.69. The molecular weight excluding hydrogens is 356 g/mol. The van der Waals surface area contributed by atoms with Gasteiger partial charge in [-0.15, -0.1) is 0 Å². The van der Waals surface area contributed by atoms with Gasteiger partial charge >= 0.3 is 5.69 Å². The minimum atomic E-state index is -0.536. The molecule has 0 amide bonds. The highest BCUT2D eigenvalue weighted by Crippen LogP contribution is 2.33. The zero-order chi connectivity index (χ0) is 18.7. The van der Waals surface area contributed by atoms with Crippen molar-refractivity contribution in [2.24, 2.45) is 0 Å². The lowest BCUT2D eigenvalue weighted by Gasteiger charge is -2.12. The minimum absolute atomic E-state index is 0.0348. The fourth-order valence-corrected chi connectivity index (χ4v) is 2.43. The number of hydrogen-bond acceptors (Lipinski definition) is 7. The van der Waals surface area contributed by atoms with Gasteiger partial charge in [-0.2, -0.15) is 0 Å². The van der Waals surface area contributed by atoms with Gasteiger partial charge in [-0.1, -0.05) is 23.7 Å². The Bertz CT molecular complexity index is 962. The highest BCUT2D eigenvalue weighted by molar-refractivity contribution is 6.30. The van der Waals surface area contributed by atoms with Crippen LogP contribution in [-0.2, 0) is 0 Å². The number of nitro groups is 1. The average Bonchev–Trinajstić information content (AvgIpc) is 2.61. The van der Waals surface area contributed by atoms with Crippen LogP contribution >= 0.6 is 11.6 Å². The molecule has 3 rings (SSSR count). The Morgan fingerprint density at radius 2 is 1.77 bits per heavy atom. The van der Waals surface area contributed by atoms with E-state index in [2.05, 4.69) is 25.6 Å². The summed E-state index contributed by atoms with van der Waals surface area (Å²) >= 11 is 5.81. The molecule has 2 N–H and O–H groups in total. The molecule has 0 unspecified atom stereocenters. The van der Waals surface area contributed by atoms with Crippen LogP contribution in [0.1, 0.15) is 11.1 Å². The Kier molecular flexibility index (Phi) is 4.94. The molecule has 2 aromatic heterocycles. The molecule has 3 aromatic rings.